The predicted molar refractivity (Wildman–Crippen MR) is 97.1 cm³/mol. The summed E-state index contributed by atoms with van der Waals surface area (Å²) in [5.41, 5.74) is -0.374. The van der Waals surface area contributed by atoms with Gasteiger partial charge >= 0.3 is 12.1 Å². The van der Waals surface area contributed by atoms with E-state index >= 15 is 0 Å². The molecule has 2 heterocycles. The smallest absolute Gasteiger partial charge is 0.415 e. The van der Waals surface area contributed by atoms with Crippen LogP contribution in [0, 0.1) is 0 Å². The van der Waals surface area contributed by atoms with Gasteiger partial charge in [-0.05, 0) is 26.0 Å². The fourth-order valence-corrected chi connectivity index (χ4v) is 3.42. The molecular formula is C19H23N3O6. The molecule has 0 unspecified atom stereocenters. The van der Waals surface area contributed by atoms with Crippen molar-refractivity contribution in [2.75, 3.05) is 20.2 Å². The quantitative estimate of drug-likeness (QED) is 0.745. The zero-order valence-corrected chi connectivity index (χ0v) is 16.0. The molecule has 1 aromatic rings. The Labute approximate surface area is 162 Å². The Balaban J connectivity index is 1.68. The number of ether oxygens (including phenoxy) is 2. The number of benzene rings is 1. The van der Waals surface area contributed by atoms with Gasteiger partial charge in [0.25, 0.3) is 5.91 Å². The minimum Gasteiger partial charge on any atom is -0.467 e. The van der Waals surface area contributed by atoms with Gasteiger partial charge in [-0.1, -0.05) is 18.2 Å². The van der Waals surface area contributed by atoms with Gasteiger partial charge in [-0.15, -0.1) is 0 Å². The van der Waals surface area contributed by atoms with Gasteiger partial charge in [0.15, 0.2) is 5.72 Å². The van der Waals surface area contributed by atoms with Gasteiger partial charge in [-0.3, -0.25) is 14.5 Å². The monoisotopic (exact) mass is 389 g/mol. The Hall–Kier alpha value is -3.10. The normalized spacial score (nSPS) is 22.9. The van der Waals surface area contributed by atoms with Crippen LogP contribution in [0.15, 0.2) is 30.3 Å². The molecule has 0 spiro atoms. The van der Waals surface area contributed by atoms with Crippen LogP contribution in [0.2, 0.25) is 0 Å². The number of hydrogen-bond acceptors (Lipinski definition) is 6. The standard InChI is InChI=1S/C19H23N3O6/c1-19(2)22(18(26)28-19)11-15(23)21-10-13(9-14(21)17(25)27-3)20-16(24)12-7-5-4-6-8-12/h4-8,13-14H,9-11H2,1-3H3,(H,20,24)/t13-,14+/m1/s1. The Bertz CT molecular complexity index is 794. The number of esters is 1. The first-order chi connectivity index (χ1) is 13.2. The molecule has 2 fully saturated rings. The Morgan fingerprint density at radius 1 is 1.25 bits per heavy atom. The van der Waals surface area contributed by atoms with Gasteiger partial charge < -0.3 is 19.7 Å². The van der Waals surface area contributed by atoms with Gasteiger partial charge in [-0.25, -0.2) is 9.59 Å². The molecule has 9 heteroatoms. The number of likely N-dealkylation sites (tertiary alicyclic amines) is 1. The molecular weight excluding hydrogens is 366 g/mol. The van der Waals surface area contributed by atoms with Crippen molar-refractivity contribution in [2.24, 2.45) is 0 Å². The number of carbonyl (C=O) groups is 4. The Morgan fingerprint density at radius 3 is 2.50 bits per heavy atom. The predicted octanol–water partition coefficient (Wildman–Crippen LogP) is 0.747. The first-order valence-corrected chi connectivity index (χ1v) is 8.96. The molecule has 28 heavy (non-hydrogen) atoms. The first-order valence-electron chi connectivity index (χ1n) is 8.96. The Kier molecular flexibility index (Phi) is 5.26. The molecule has 0 bridgehead atoms. The van der Waals surface area contributed by atoms with Crippen LogP contribution >= 0.6 is 0 Å². The zero-order chi connectivity index (χ0) is 20.5. The van der Waals surface area contributed by atoms with Gasteiger partial charge in [0.05, 0.1) is 7.11 Å². The fourth-order valence-electron chi connectivity index (χ4n) is 3.42. The van der Waals surface area contributed by atoms with E-state index in [1.165, 1.54) is 16.9 Å². The third-order valence-electron chi connectivity index (χ3n) is 4.97. The molecule has 2 aliphatic rings. The first kappa shape index (κ1) is 19.7. The second-order valence-corrected chi connectivity index (χ2v) is 7.26. The van der Waals surface area contributed by atoms with Gasteiger partial charge in [0.2, 0.25) is 5.91 Å². The highest BCUT2D eigenvalue weighted by Crippen LogP contribution is 2.29. The van der Waals surface area contributed by atoms with Crippen molar-refractivity contribution in [1.82, 2.24) is 15.1 Å². The van der Waals surface area contributed by atoms with E-state index in [0.29, 0.717) is 5.56 Å². The van der Waals surface area contributed by atoms with Crippen LogP contribution in [0.1, 0.15) is 30.6 Å². The summed E-state index contributed by atoms with van der Waals surface area (Å²) in [5, 5.41) is 2.85. The minimum atomic E-state index is -0.867. The van der Waals surface area contributed by atoms with Gasteiger partial charge in [0, 0.05) is 24.6 Å². The number of nitrogens with zero attached hydrogens (tertiary/aromatic N) is 2. The highest BCUT2D eigenvalue weighted by Gasteiger charge is 2.49. The molecule has 0 aromatic heterocycles. The van der Waals surface area contributed by atoms with Crippen molar-refractivity contribution >= 4 is 23.9 Å². The molecule has 1 aromatic carbocycles. The van der Waals surface area contributed by atoms with Crippen molar-refractivity contribution < 1.29 is 28.7 Å². The van der Waals surface area contributed by atoms with Crippen molar-refractivity contribution in [3.8, 4) is 0 Å². The average molecular weight is 389 g/mol. The third-order valence-corrected chi connectivity index (χ3v) is 4.97. The van der Waals surface area contributed by atoms with E-state index in [2.05, 4.69) is 5.32 Å². The van der Waals surface area contributed by atoms with Crippen LogP contribution in [0.4, 0.5) is 4.79 Å². The summed E-state index contributed by atoms with van der Waals surface area (Å²) in [6.07, 6.45) is -0.341. The summed E-state index contributed by atoms with van der Waals surface area (Å²) < 4.78 is 9.80. The van der Waals surface area contributed by atoms with Crippen molar-refractivity contribution in [2.45, 2.75) is 38.1 Å². The summed E-state index contributed by atoms with van der Waals surface area (Å²) in [7, 11) is 1.25. The summed E-state index contributed by atoms with van der Waals surface area (Å²) in [6.45, 7) is 3.29. The fraction of sp³-hybridized carbons (Fsp3) is 0.474. The van der Waals surface area contributed by atoms with E-state index in [9.17, 15) is 19.2 Å². The molecule has 2 saturated heterocycles. The molecule has 0 aliphatic carbocycles. The lowest BCUT2D eigenvalue weighted by molar-refractivity contribution is -0.173. The van der Waals surface area contributed by atoms with Crippen LogP contribution in [-0.2, 0) is 19.1 Å². The number of amides is 3. The number of carbonyl (C=O) groups excluding carboxylic acids is 4. The summed E-state index contributed by atoms with van der Waals surface area (Å²) in [6, 6.07) is 7.46. The van der Waals surface area contributed by atoms with E-state index in [0.717, 1.165) is 0 Å². The maximum Gasteiger partial charge on any atom is 0.415 e. The molecule has 1 N–H and O–H groups in total. The average Bonchev–Trinajstić information content (AvgIpc) is 3.09. The maximum absolute atomic E-state index is 12.8. The molecule has 3 rings (SSSR count). The number of rotatable bonds is 5. The van der Waals surface area contributed by atoms with E-state index < -0.39 is 35.8 Å². The zero-order valence-electron chi connectivity index (χ0n) is 16.0. The summed E-state index contributed by atoms with van der Waals surface area (Å²) in [4.78, 5) is 51.6. The second kappa shape index (κ2) is 7.49. The lowest BCUT2D eigenvalue weighted by Crippen LogP contribution is -2.64. The van der Waals surface area contributed by atoms with Crippen LogP contribution in [0.5, 0.6) is 0 Å². The maximum atomic E-state index is 12.8. The van der Waals surface area contributed by atoms with Crippen molar-refractivity contribution in [3.63, 3.8) is 0 Å². The number of cyclic esters (lactones) is 1. The molecule has 0 saturated carbocycles. The van der Waals surface area contributed by atoms with Crippen molar-refractivity contribution in [1.29, 1.82) is 0 Å². The number of hydrogen-bond donors (Lipinski definition) is 1. The van der Waals surface area contributed by atoms with Crippen LogP contribution in [0.3, 0.4) is 0 Å². The highest BCUT2D eigenvalue weighted by molar-refractivity contribution is 5.95. The number of nitrogens with one attached hydrogen (secondary N) is 1. The van der Waals surface area contributed by atoms with E-state index in [4.69, 9.17) is 9.47 Å². The molecule has 2 aliphatic heterocycles. The molecule has 150 valence electrons. The van der Waals surface area contributed by atoms with E-state index in [-0.39, 0.29) is 25.4 Å². The SMILES string of the molecule is COC(=O)[C@@H]1C[C@@H](NC(=O)c2ccccc2)CN1C(=O)CN1C(=O)OC1(C)C. The lowest BCUT2D eigenvalue weighted by Gasteiger charge is -2.46. The van der Waals surface area contributed by atoms with E-state index in [1.807, 2.05) is 6.07 Å². The molecule has 2 atom stereocenters. The topological polar surface area (TPSA) is 105 Å². The summed E-state index contributed by atoms with van der Waals surface area (Å²) in [5.74, 6) is -1.25. The minimum absolute atomic E-state index is 0.153. The lowest BCUT2D eigenvalue weighted by atomic mass is 10.1. The van der Waals surface area contributed by atoms with Gasteiger partial charge in [-0.2, -0.15) is 0 Å². The number of methoxy groups -OCH3 is 1. The Morgan fingerprint density at radius 2 is 1.93 bits per heavy atom. The largest absolute Gasteiger partial charge is 0.467 e. The van der Waals surface area contributed by atoms with Gasteiger partial charge in [0.1, 0.15) is 12.6 Å². The van der Waals surface area contributed by atoms with Crippen molar-refractivity contribution in [3.05, 3.63) is 35.9 Å². The highest BCUT2D eigenvalue weighted by atomic mass is 16.6. The van der Waals surface area contributed by atoms with Crippen LogP contribution in [-0.4, -0.2) is 71.7 Å². The third kappa shape index (κ3) is 3.78. The van der Waals surface area contributed by atoms with E-state index in [1.54, 1.807) is 38.1 Å². The molecule has 0 radical (unpaired) electrons. The second-order valence-electron chi connectivity index (χ2n) is 7.26. The molecule has 3 amide bonds. The summed E-state index contributed by atoms with van der Waals surface area (Å²) >= 11 is 0. The molecule has 9 nitrogen and oxygen atoms in total. The van der Waals surface area contributed by atoms with Crippen LogP contribution in [0.25, 0.3) is 0 Å². The van der Waals surface area contributed by atoms with Crippen LogP contribution < -0.4 is 5.32 Å².